The molecule has 0 amide bonds. The van der Waals surface area contributed by atoms with Crippen LogP contribution in [0.2, 0.25) is 0 Å². The molecule has 2 rings (SSSR count). The van der Waals surface area contributed by atoms with Gasteiger partial charge in [0.15, 0.2) is 5.78 Å². The summed E-state index contributed by atoms with van der Waals surface area (Å²) in [4.78, 5) is 14.7. The van der Waals surface area contributed by atoms with Crippen LogP contribution in [-0.4, -0.2) is 29.4 Å². The monoisotopic (exact) mass is 307 g/mol. The topological polar surface area (TPSA) is 40.5 Å². The molecule has 5 heteroatoms. The Labute approximate surface area is 127 Å². The molecule has 0 radical (unpaired) electrons. The Morgan fingerprint density at radius 2 is 2.19 bits per heavy atom. The lowest BCUT2D eigenvalue weighted by Gasteiger charge is -2.18. The van der Waals surface area contributed by atoms with Crippen LogP contribution < -0.4 is 0 Å². The predicted octanol–water partition coefficient (Wildman–Crippen LogP) is 3.47. The molecule has 0 atom stereocenters. The molecule has 112 valence electrons. The summed E-state index contributed by atoms with van der Waals surface area (Å²) in [7, 11) is 1.91. The van der Waals surface area contributed by atoms with Gasteiger partial charge in [-0.15, -0.1) is 11.3 Å². The van der Waals surface area contributed by atoms with Gasteiger partial charge in [0.1, 0.15) is 11.6 Å². The minimum absolute atomic E-state index is 0.0386. The van der Waals surface area contributed by atoms with E-state index in [4.69, 9.17) is 0 Å². The summed E-state index contributed by atoms with van der Waals surface area (Å²) in [6, 6.07) is 6.44. The van der Waals surface area contributed by atoms with Gasteiger partial charge in [0, 0.05) is 23.5 Å². The Bertz CT molecular complexity index is 625. The molecule has 0 aliphatic rings. The van der Waals surface area contributed by atoms with Crippen LogP contribution in [0.25, 0.3) is 0 Å². The number of phenolic OH excluding ortho intramolecular Hbond substituents is 1. The molecule has 0 saturated heterocycles. The maximum absolute atomic E-state index is 13.5. The lowest BCUT2D eigenvalue weighted by atomic mass is 10.0. The van der Waals surface area contributed by atoms with Crippen molar-refractivity contribution in [1.82, 2.24) is 4.90 Å². The number of benzene rings is 1. The SMILES string of the molecule is CC(=O)c1cc(F)cc(CN(C)CCc2cccs2)c1O. The molecule has 3 nitrogen and oxygen atoms in total. The molecule has 1 N–H and O–H groups in total. The number of nitrogens with zero attached hydrogens (tertiary/aromatic N) is 1. The zero-order valence-electron chi connectivity index (χ0n) is 12.1. The summed E-state index contributed by atoms with van der Waals surface area (Å²) in [6.07, 6.45) is 0.907. The molecular formula is C16H18FNO2S. The van der Waals surface area contributed by atoms with Crippen molar-refractivity contribution in [2.24, 2.45) is 0 Å². The molecule has 0 bridgehead atoms. The van der Waals surface area contributed by atoms with Gasteiger partial charge in [0.2, 0.25) is 0 Å². The van der Waals surface area contributed by atoms with Crippen LogP contribution in [0.15, 0.2) is 29.6 Å². The Morgan fingerprint density at radius 1 is 1.43 bits per heavy atom. The van der Waals surface area contributed by atoms with Gasteiger partial charge in [-0.1, -0.05) is 6.07 Å². The van der Waals surface area contributed by atoms with Crippen molar-refractivity contribution in [2.75, 3.05) is 13.6 Å². The average Bonchev–Trinajstić information content (AvgIpc) is 2.93. The summed E-state index contributed by atoms with van der Waals surface area (Å²) in [6.45, 7) is 2.51. The molecule has 0 spiro atoms. The van der Waals surface area contributed by atoms with Crippen LogP contribution >= 0.6 is 11.3 Å². The van der Waals surface area contributed by atoms with E-state index < -0.39 is 5.82 Å². The van der Waals surface area contributed by atoms with Gasteiger partial charge in [-0.2, -0.15) is 0 Å². The Balaban J connectivity index is 2.06. The van der Waals surface area contributed by atoms with E-state index in [1.165, 1.54) is 17.9 Å². The number of aromatic hydroxyl groups is 1. The Kier molecular flexibility index (Phi) is 5.09. The van der Waals surface area contributed by atoms with Gasteiger partial charge in [0.05, 0.1) is 5.56 Å². The number of hydrogen-bond acceptors (Lipinski definition) is 4. The summed E-state index contributed by atoms with van der Waals surface area (Å²) < 4.78 is 13.5. The van der Waals surface area contributed by atoms with E-state index in [0.717, 1.165) is 19.0 Å². The number of rotatable bonds is 6. The van der Waals surface area contributed by atoms with Gasteiger partial charge in [0.25, 0.3) is 0 Å². The first kappa shape index (κ1) is 15.7. The third kappa shape index (κ3) is 4.12. The number of hydrogen-bond donors (Lipinski definition) is 1. The predicted molar refractivity (Wildman–Crippen MR) is 82.4 cm³/mol. The van der Waals surface area contributed by atoms with Crippen LogP contribution in [0, 0.1) is 5.82 Å². The van der Waals surface area contributed by atoms with Gasteiger partial charge in [-0.25, -0.2) is 4.39 Å². The summed E-state index contributed by atoms with van der Waals surface area (Å²) in [5, 5.41) is 12.1. The van der Waals surface area contributed by atoms with Gasteiger partial charge in [-0.05, 0) is 44.0 Å². The normalized spacial score (nSPS) is 11.0. The lowest BCUT2D eigenvalue weighted by molar-refractivity contribution is 0.101. The quantitative estimate of drug-likeness (QED) is 0.831. The van der Waals surface area contributed by atoms with Crippen molar-refractivity contribution in [3.63, 3.8) is 0 Å². The van der Waals surface area contributed by atoms with Crippen molar-refractivity contribution in [1.29, 1.82) is 0 Å². The van der Waals surface area contributed by atoms with Gasteiger partial charge in [-0.3, -0.25) is 4.79 Å². The summed E-state index contributed by atoms with van der Waals surface area (Å²) >= 11 is 1.70. The molecular weight excluding hydrogens is 289 g/mol. The fourth-order valence-electron chi connectivity index (χ4n) is 2.17. The molecule has 1 aromatic heterocycles. The second-order valence-corrected chi connectivity index (χ2v) is 6.12. The van der Waals surface area contributed by atoms with Crippen molar-refractivity contribution >= 4 is 17.1 Å². The zero-order valence-corrected chi connectivity index (χ0v) is 12.9. The fraction of sp³-hybridized carbons (Fsp3) is 0.312. The van der Waals surface area contributed by atoms with Crippen molar-refractivity contribution < 1.29 is 14.3 Å². The molecule has 21 heavy (non-hydrogen) atoms. The van der Waals surface area contributed by atoms with Crippen LogP contribution in [0.5, 0.6) is 5.75 Å². The number of phenols is 1. The number of ketones is 1. The molecule has 1 heterocycles. The van der Waals surface area contributed by atoms with Crippen LogP contribution in [-0.2, 0) is 13.0 Å². The number of carbonyl (C=O) groups excluding carboxylic acids is 1. The second kappa shape index (κ2) is 6.83. The Hall–Kier alpha value is -1.72. The highest BCUT2D eigenvalue weighted by molar-refractivity contribution is 7.09. The van der Waals surface area contributed by atoms with Crippen molar-refractivity contribution in [2.45, 2.75) is 19.9 Å². The van der Waals surface area contributed by atoms with Gasteiger partial charge < -0.3 is 10.0 Å². The molecule has 0 unspecified atom stereocenters. The van der Waals surface area contributed by atoms with E-state index >= 15 is 0 Å². The number of halogens is 1. The molecule has 2 aromatic rings. The summed E-state index contributed by atoms with van der Waals surface area (Å²) in [5.41, 5.74) is 0.477. The first-order chi connectivity index (χ1) is 9.97. The third-order valence-electron chi connectivity index (χ3n) is 3.29. The zero-order chi connectivity index (χ0) is 15.4. The highest BCUT2D eigenvalue weighted by atomic mass is 32.1. The number of carbonyl (C=O) groups is 1. The van der Waals surface area contributed by atoms with E-state index in [1.54, 1.807) is 11.3 Å². The van der Waals surface area contributed by atoms with E-state index in [-0.39, 0.29) is 17.1 Å². The third-order valence-corrected chi connectivity index (χ3v) is 4.23. The molecule has 0 fully saturated rings. The second-order valence-electron chi connectivity index (χ2n) is 5.08. The standard InChI is InChI=1S/C16H18FNO2S/c1-11(19)15-9-13(17)8-12(16(15)20)10-18(2)6-5-14-4-3-7-21-14/h3-4,7-9,20H,5-6,10H2,1-2H3. The number of Topliss-reactive ketones (excluding diaryl/α,β-unsaturated/α-hetero) is 1. The molecule has 1 aromatic carbocycles. The first-order valence-corrected chi connectivity index (χ1v) is 7.58. The van der Waals surface area contributed by atoms with E-state index in [9.17, 15) is 14.3 Å². The lowest BCUT2D eigenvalue weighted by Crippen LogP contribution is -2.21. The van der Waals surface area contributed by atoms with Crippen molar-refractivity contribution in [3.8, 4) is 5.75 Å². The molecule has 0 saturated carbocycles. The summed E-state index contributed by atoms with van der Waals surface area (Å²) in [5.74, 6) is -0.957. The minimum Gasteiger partial charge on any atom is -0.507 e. The average molecular weight is 307 g/mol. The Morgan fingerprint density at radius 3 is 2.81 bits per heavy atom. The molecule has 0 aliphatic heterocycles. The van der Waals surface area contributed by atoms with E-state index in [1.807, 2.05) is 23.4 Å². The number of thiophene rings is 1. The van der Waals surface area contributed by atoms with Crippen LogP contribution in [0.4, 0.5) is 4.39 Å². The minimum atomic E-state index is -0.500. The maximum atomic E-state index is 13.5. The van der Waals surface area contributed by atoms with Crippen LogP contribution in [0.3, 0.4) is 0 Å². The number of likely N-dealkylation sites (N-methyl/N-ethyl adjacent to an activating group) is 1. The van der Waals surface area contributed by atoms with Gasteiger partial charge >= 0.3 is 0 Å². The highest BCUT2D eigenvalue weighted by Crippen LogP contribution is 2.26. The largest absolute Gasteiger partial charge is 0.507 e. The fourth-order valence-corrected chi connectivity index (χ4v) is 2.87. The maximum Gasteiger partial charge on any atom is 0.163 e. The van der Waals surface area contributed by atoms with Crippen LogP contribution in [0.1, 0.15) is 27.7 Å². The van der Waals surface area contributed by atoms with E-state index in [2.05, 4.69) is 6.07 Å². The smallest absolute Gasteiger partial charge is 0.163 e. The van der Waals surface area contributed by atoms with E-state index in [0.29, 0.717) is 12.1 Å². The molecule has 0 aliphatic carbocycles. The highest BCUT2D eigenvalue weighted by Gasteiger charge is 2.15. The van der Waals surface area contributed by atoms with Crippen molar-refractivity contribution in [3.05, 3.63) is 51.5 Å². The first-order valence-electron chi connectivity index (χ1n) is 6.70.